The molecule has 0 aliphatic rings. The molecular formula is C27H40O. The molecule has 0 fully saturated rings. The maximum Gasteiger partial charge on any atom is 0.123 e. The van der Waals surface area contributed by atoms with Gasteiger partial charge in [0.15, 0.2) is 0 Å². The molecule has 2 aromatic rings. The Balaban J connectivity index is 2.56. The number of aryl methyl sites for hydroxylation is 1. The van der Waals surface area contributed by atoms with Gasteiger partial charge in [0.25, 0.3) is 0 Å². The van der Waals surface area contributed by atoms with Crippen LogP contribution in [0.3, 0.4) is 0 Å². The standard InChI is InChI=1S/C27H40O/c1-25(2,3)21-18-22(26(4,5)6)23(27(7,8)9)24(28)20(21)17-13-16-19-14-11-10-12-15-19/h10-12,14-15,18,28H,13,16-17H2,1-9H3. The van der Waals surface area contributed by atoms with Gasteiger partial charge < -0.3 is 5.11 Å². The SMILES string of the molecule is CC(C)(C)c1cc(C(C)(C)C)c(C(C)(C)C)c(O)c1CCCc1ccccc1. The molecule has 154 valence electrons. The van der Waals surface area contributed by atoms with Gasteiger partial charge in [-0.3, -0.25) is 0 Å². The van der Waals surface area contributed by atoms with Crippen LogP contribution in [0.1, 0.15) is 96.6 Å². The quantitative estimate of drug-likeness (QED) is 0.583. The summed E-state index contributed by atoms with van der Waals surface area (Å²) >= 11 is 0. The summed E-state index contributed by atoms with van der Waals surface area (Å²) in [6.07, 6.45) is 2.98. The van der Waals surface area contributed by atoms with Crippen LogP contribution in [0.25, 0.3) is 0 Å². The van der Waals surface area contributed by atoms with Crippen LogP contribution in [0.5, 0.6) is 5.75 Å². The van der Waals surface area contributed by atoms with E-state index in [0.717, 1.165) is 30.4 Å². The van der Waals surface area contributed by atoms with E-state index in [4.69, 9.17) is 0 Å². The van der Waals surface area contributed by atoms with Crippen LogP contribution >= 0.6 is 0 Å². The van der Waals surface area contributed by atoms with E-state index < -0.39 is 0 Å². The zero-order valence-electron chi connectivity index (χ0n) is 19.5. The molecule has 28 heavy (non-hydrogen) atoms. The van der Waals surface area contributed by atoms with Crippen molar-refractivity contribution in [3.05, 3.63) is 64.2 Å². The van der Waals surface area contributed by atoms with E-state index in [0.29, 0.717) is 5.75 Å². The molecule has 0 heterocycles. The van der Waals surface area contributed by atoms with Crippen LogP contribution in [-0.4, -0.2) is 5.11 Å². The predicted molar refractivity (Wildman–Crippen MR) is 123 cm³/mol. The lowest BCUT2D eigenvalue weighted by atomic mass is 9.70. The Bertz CT molecular complexity index is 793. The van der Waals surface area contributed by atoms with Crippen molar-refractivity contribution in [2.45, 2.75) is 97.8 Å². The fourth-order valence-electron chi connectivity index (χ4n) is 4.10. The molecule has 0 aliphatic carbocycles. The van der Waals surface area contributed by atoms with Crippen LogP contribution in [0.2, 0.25) is 0 Å². The average Bonchev–Trinajstić information content (AvgIpc) is 2.53. The second-order valence-corrected chi connectivity index (χ2v) is 11.3. The summed E-state index contributed by atoms with van der Waals surface area (Å²) in [5.41, 5.74) is 6.06. The highest BCUT2D eigenvalue weighted by Crippen LogP contribution is 2.45. The zero-order chi connectivity index (χ0) is 21.3. The van der Waals surface area contributed by atoms with Crippen LogP contribution < -0.4 is 0 Å². The van der Waals surface area contributed by atoms with E-state index in [9.17, 15) is 5.11 Å². The number of phenolic OH excluding ortho intramolecular Hbond substituents is 1. The number of aromatic hydroxyl groups is 1. The normalized spacial score (nSPS) is 13.0. The van der Waals surface area contributed by atoms with E-state index in [1.165, 1.54) is 16.7 Å². The summed E-state index contributed by atoms with van der Waals surface area (Å²) < 4.78 is 0. The van der Waals surface area contributed by atoms with Crippen molar-refractivity contribution in [2.75, 3.05) is 0 Å². The average molecular weight is 381 g/mol. The van der Waals surface area contributed by atoms with Crippen molar-refractivity contribution < 1.29 is 5.11 Å². The Morgan fingerprint density at radius 3 is 1.68 bits per heavy atom. The van der Waals surface area contributed by atoms with Gasteiger partial charge in [-0.25, -0.2) is 0 Å². The molecule has 1 N–H and O–H groups in total. The van der Waals surface area contributed by atoms with Gasteiger partial charge in [-0.05, 0) is 57.8 Å². The maximum atomic E-state index is 11.5. The van der Waals surface area contributed by atoms with Gasteiger partial charge >= 0.3 is 0 Å². The fourth-order valence-corrected chi connectivity index (χ4v) is 4.10. The molecule has 1 heteroatoms. The molecule has 0 saturated heterocycles. The second-order valence-electron chi connectivity index (χ2n) is 11.3. The van der Waals surface area contributed by atoms with Gasteiger partial charge in [-0.15, -0.1) is 0 Å². The Hall–Kier alpha value is -1.76. The molecule has 0 bridgehead atoms. The van der Waals surface area contributed by atoms with E-state index >= 15 is 0 Å². The topological polar surface area (TPSA) is 20.2 Å². The van der Waals surface area contributed by atoms with Crippen molar-refractivity contribution in [1.82, 2.24) is 0 Å². The molecule has 2 rings (SSSR count). The van der Waals surface area contributed by atoms with Crippen molar-refractivity contribution >= 4 is 0 Å². The number of rotatable bonds is 4. The van der Waals surface area contributed by atoms with E-state index in [-0.39, 0.29) is 16.2 Å². The molecule has 1 nitrogen and oxygen atoms in total. The molecule has 0 radical (unpaired) electrons. The largest absolute Gasteiger partial charge is 0.507 e. The first-order chi connectivity index (χ1) is 12.7. The Morgan fingerprint density at radius 1 is 0.679 bits per heavy atom. The Morgan fingerprint density at radius 2 is 1.21 bits per heavy atom. The minimum Gasteiger partial charge on any atom is -0.507 e. The molecule has 0 saturated carbocycles. The van der Waals surface area contributed by atoms with Gasteiger partial charge in [0.2, 0.25) is 0 Å². The zero-order valence-corrected chi connectivity index (χ0v) is 19.5. The van der Waals surface area contributed by atoms with Crippen molar-refractivity contribution in [2.24, 2.45) is 0 Å². The van der Waals surface area contributed by atoms with Crippen LogP contribution in [0.15, 0.2) is 36.4 Å². The van der Waals surface area contributed by atoms with Crippen molar-refractivity contribution in [3.63, 3.8) is 0 Å². The lowest BCUT2D eigenvalue weighted by Gasteiger charge is -2.35. The van der Waals surface area contributed by atoms with Gasteiger partial charge in [0, 0.05) is 5.56 Å². The lowest BCUT2D eigenvalue weighted by Crippen LogP contribution is -2.26. The van der Waals surface area contributed by atoms with Gasteiger partial charge in [0.1, 0.15) is 5.75 Å². The second kappa shape index (κ2) is 7.93. The van der Waals surface area contributed by atoms with Crippen LogP contribution in [0, 0.1) is 0 Å². The van der Waals surface area contributed by atoms with E-state index in [1.54, 1.807) is 0 Å². The van der Waals surface area contributed by atoms with Crippen LogP contribution in [0.4, 0.5) is 0 Å². The molecule has 0 unspecified atom stereocenters. The summed E-state index contributed by atoms with van der Waals surface area (Å²) in [6, 6.07) is 13.0. The summed E-state index contributed by atoms with van der Waals surface area (Å²) in [6.45, 7) is 20.1. The molecule has 0 aromatic heterocycles. The third-order valence-corrected chi connectivity index (χ3v) is 5.51. The number of benzene rings is 2. The first kappa shape index (κ1) is 22.5. The van der Waals surface area contributed by atoms with Crippen LogP contribution in [-0.2, 0) is 29.1 Å². The van der Waals surface area contributed by atoms with Gasteiger partial charge in [0.05, 0.1) is 0 Å². The minimum atomic E-state index is -0.0999. The number of phenols is 1. The first-order valence-corrected chi connectivity index (χ1v) is 10.7. The van der Waals surface area contributed by atoms with E-state index in [2.05, 4.69) is 98.7 Å². The molecule has 2 aromatic carbocycles. The molecule has 0 atom stereocenters. The summed E-state index contributed by atoms with van der Waals surface area (Å²) in [5, 5.41) is 11.5. The molecule has 0 spiro atoms. The Kier molecular flexibility index (Phi) is 6.38. The molecule has 0 aliphatic heterocycles. The minimum absolute atomic E-state index is 0.00399. The predicted octanol–water partition coefficient (Wildman–Crippen LogP) is 7.46. The summed E-state index contributed by atoms with van der Waals surface area (Å²) in [7, 11) is 0. The third-order valence-electron chi connectivity index (χ3n) is 5.51. The highest BCUT2D eigenvalue weighted by molar-refractivity contribution is 5.56. The third kappa shape index (κ3) is 5.19. The first-order valence-electron chi connectivity index (χ1n) is 10.7. The van der Waals surface area contributed by atoms with Crippen molar-refractivity contribution in [3.8, 4) is 5.75 Å². The summed E-state index contributed by atoms with van der Waals surface area (Å²) in [4.78, 5) is 0. The van der Waals surface area contributed by atoms with Gasteiger partial charge in [-0.2, -0.15) is 0 Å². The molecular weight excluding hydrogens is 340 g/mol. The Labute approximate surface area is 173 Å². The monoisotopic (exact) mass is 380 g/mol. The fraction of sp³-hybridized carbons (Fsp3) is 0.556. The number of hydrogen-bond acceptors (Lipinski definition) is 1. The van der Waals surface area contributed by atoms with Crippen molar-refractivity contribution in [1.29, 1.82) is 0 Å². The lowest BCUT2D eigenvalue weighted by molar-refractivity contribution is 0.422. The van der Waals surface area contributed by atoms with E-state index in [1.807, 2.05) is 0 Å². The highest BCUT2D eigenvalue weighted by Gasteiger charge is 2.33. The number of hydrogen-bond donors (Lipinski definition) is 1. The summed E-state index contributed by atoms with van der Waals surface area (Å²) in [5.74, 6) is 0.526. The smallest absolute Gasteiger partial charge is 0.123 e. The van der Waals surface area contributed by atoms with Gasteiger partial charge in [-0.1, -0.05) is 98.7 Å². The highest BCUT2D eigenvalue weighted by atomic mass is 16.3. The molecule has 0 amide bonds. The maximum absolute atomic E-state index is 11.5.